The summed E-state index contributed by atoms with van der Waals surface area (Å²) in [6.45, 7) is 0. The van der Waals surface area contributed by atoms with Crippen molar-refractivity contribution in [3.05, 3.63) is 24.3 Å². The van der Waals surface area contributed by atoms with Gasteiger partial charge in [-0.15, -0.1) is 0 Å². The van der Waals surface area contributed by atoms with E-state index < -0.39 is 78.4 Å². The van der Waals surface area contributed by atoms with Gasteiger partial charge in [0.25, 0.3) is 0 Å². The van der Waals surface area contributed by atoms with Crippen LogP contribution in [0.1, 0.15) is 0 Å². The Bertz CT molecular complexity index is 1360. The Balaban J connectivity index is 2.57. The molecule has 3 rings (SSSR count). The minimum absolute atomic E-state index is 0.110. The van der Waals surface area contributed by atoms with Gasteiger partial charge < -0.3 is 0 Å². The fourth-order valence-electron chi connectivity index (χ4n) is 3.08. The molecular weight excluding hydrogens is 708 g/mol. The molecule has 0 saturated carbocycles. The third-order valence-corrected chi connectivity index (χ3v) is 19.2. The van der Waals surface area contributed by atoms with E-state index in [1.807, 2.05) is 0 Å². The van der Waals surface area contributed by atoms with E-state index in [0.717, 1.165) is 12.1 Å². The number of fused-ring (bicyclic) bond motifs is 2. The summed E-state index contributed by atoms with van der Waals surface area (Å²) in [5, 5.41) is 0. The summed E-state index contributed by atoms with van der Waals surface area (Å²) in [6.07, 6.45) is 0. The summed E-state index contributed by atoms with van der Waals surface area (Å²) in [5.41, 5.74) is 0. The van der Waals surface area contributed by atoms with Crippen molar-refractivity contribution in [1.29, 1.82) is 0 Å². The van der Waals surface area contributed by atoms with Crippen LogP contribution in [-0.4, -0.2) is 67.7 Å². The maximum atomic E-state index is 13.7. The molecule has 1 heterocycles. The van der Waals surface area contributed by atoms with Crippen LogP contribution in [0.3, 0.4) is 0 Å². The first-order valence-electron chi connectivity index (χ1n) is 8.35. The van der Waals surface area contributed by atoms with Crippen LogP contribution < -0.4 is 7.02 Å². The van der Waals surface area contributed by atoms with E-state index in [2.05, 4.69) is 0 Å². The second kappa shape index (κ2) is 8.04. The van der Waals surface area contributed by atoms with Crippen LogP contribution in [-0.2, 0) is 37.1 Å². The Morgan fingerprint density at radius 2 is 1.06 bits per heavy atom. The number of hydrogen-bond donors (Lipinski definition) is 2. The number of hydrogen-bond acceptors (Lipinski definition) is 8. The molecule has 0 fully saturated rings. The van der Waals surface area contributed by atoms with E-state index in [0.29, 0.717) is 11.8 Å². The Labute approximate surface area is 194 Å². The average Bonchev–Trinajstić information content (AvgIpc) is 2.56. The van der Waals surface area contributed by atoms with Gasteiger partial charge in [-0.25, -0.2) is 0 Å². The van der Waals surface area contributed by atoms with Crippen molar-refractivity contribution in [2.75, 3.05) is 0 Å². The number of benzene rings is 2. The van der Waals surface area contributed by atoms with Crippen LogP contribution in [0.25, 0.3) is 0 Å². The molecule has 0 aromatic heterocycles. The van der Waals surface area contributed by atoms with Gasteiger partial charge in [0.05, 0.1) is 0 Å². The second-order valence-electron chi connectivity index (χ2n) is 7.50. The molecule has 170 valence electrons. The molecule has 9 nitrogen and oxygen atoms in total. The Kier molecular flexibility index (Phi) is 6.65. The summed E-state index contributed by atoms with van der Waals surface area (Å²) >= 11 is -7.71. The van der Waals surface area contributed by atoms with E-state index in [4.69, 9.17) is 0 Å². The van der Waals surface area contributed by atoms with Gasteiger partial charge in [0.15, 0.2) is 0 Å². The van der Waals surface area contributed by atoms with Crippen LogP contribution in [0, 0.1) is 0 Å². The van der Waals surface area contributed by atoms with E-state index in [1.54, 1.807) is 0 Å². The van der Waals surface area contributed by atoms with Gasteiger partial charge in [0, 0.05) is 0 Å². The zero-order valence-electron chi connectivity index (χ0n) is 16.6. The van der Waals surface area contributed by atoms with Crippen molar-refractivity contribution in [2.24, 2.45) is 0 Å². The zero-order chi connectivity index (χ0) is 23.7. The Morgan fingerprint density at radius 3 is 1.32 bits per heavy atom. The second-order valence-corrected chi connectivity index (χ2v) is 30.8. The predicted molar refractivity (Wildman–Crippen MR) is 117 cm³/mol. The van der Waals surface area contributed by atoms with Crippen molar-refractivity contribution in [2.45, 2.75) is 48.9 Å². The molecule has 0 atom stereocenters. The van der Waals surface area contributed by atoms with Gasteiger partial charge in [-0.2, -0.15) is 0 Å². The molecule has 0 saturated heterocycles. The van der Waals surface area contributed by atoms with E-state index in [1.165, 1.54) is 31.6 Å². The van der Waals surface area contributed by atoms with Crippen molar-refractivity contribution >= 4 is 87.4 Å². The van der Waals surface area contributed by atoms with Crippen LogP contribution in [0.2, 0.25) is 19.5 Å². The molecule has 31 heavy (non-hydrogen) atoms. The zero-order valence-corrected chi connectivity index (χ0v) is 25.0. The van der Waals surface area contributed by atoms with E-state index in [9.17, 15) is 36.2 Å². The molecule has 0 unspecified atom stereocenters. The molecule has 0 aliphatic carbocycles. The normalized spacial score (nSPS) is 15.4. The van der Waals surface area contributed by atoms with Crippen molar-refractivity contribution < 1.29 is 36.2 Å². The first-order valence-corrected chi connectivity index (χ1v) is 28.0. The summed E-state index contributed by atoms with van der Waals surface area (Å²) in [6, 6.07) is 4.53. The van der Waals surface area contributed by atoms with Crippen LogP contribution in [0.5, 0.6) is 0 Å². The van der Waals surface area contributed by atoms with Gasteiger partial charge in [-0.3, -0.25) is 0 Å². The SMILES string of the molecule is [CH3][Sb]([CH3])(=[O])[c]1ccc(S(=O)(=O)O)c2c1S(=O)c1[c]([Sb]([CH3])([CH3])=[O])ccc(S(=O)(=O)O)c1S2. The molecule has 1 aliphatic heterocycles. The molecule has 1 aliphatic rings. The molecule has 0 amide bonds. The van der Waals surface area contributed by atoms with E-state index >= 15 is 0 Å². The average molecular weight is 726 g/mol. The summed E-state index contributed by atoms with van der Waals surface area (Å²) in [5.74, 6) is 0. The minimum atomic E-state index is -4.82. The fraction of sp³-hybridized carbons (Fsp3) is 0.250. The summed E-state index contributed by atoms with van der Waals surface area (Å²) in [4.78, 5) is 3.97. The first kappa shape index (κ1) is 25.6. The molecule has 0 radical (unpaired) electrons. The monoisotopic (exact) mass is 724 g/mol. The molecule has 2 N–H and O–H groups in total. The van der Waals surface area contributed by atoms with Gasteiger partial charge in [0.1, 0.15) is 0 Å². The van der Waals surface area contributed by atoms with Crippen molar-refractivity contribution in [3.63, 3.8) is 0 Å². The standard InChI is InChI=1S/C12H6O7S4.4CH3.2O.2Sb/c13-21-7-3-1-5-9(22(14,15)16)11(7)20-12-8(21)4-2-6-10(12)23(17,18)19;;;;;;;;/h1-2,5-6H,(H,14,15,16)(H,17,18,19);4*1H3;;;;. The summed E-state index contributed by atoms with van der Waals surface area (Å²) in [7, 11) is -11.9. The Morgan fingerprint density at radius 1 is 0.742 bits per heavy atom. The Hall–Kier alpha value is -0.00364. The quantitative estimate of drug-likeness (QED) is 0.298. The van der Waals surface area contributed by atoms with Crippen molar-refractivity contribution in [1.82, 2.24) is 0 Å². The van der Waals surface area contributed by atoms with Gasteiger partial charge in [-0.05, 0) is 0 Å². The third kappa shape index (κ3) is 4.80. The van der Waals surface area contributed by atoms with E-state index in [-0.39, 0.29) is 26.6 Å². The number of rotatable bonds is 4. The van der Waals surface area contributed by atoms with Gasteiger partial charge in [-0.1, -0.05) is 0 Å². The molecule has 2 aromatic rings. The van der Waals surface area contributed by atoms with Gasteiger partial charge in [0.2, 0.25) is 0 Å². The predicted octanol–water partition coefficient (Wildman–Crippen LogP) is 1.50. The molecular formula is C16H18O9S4Sb2. The molecule has 0 bridgehead atoms. The molecule has 2 aromatic carbocycles. The first-order chi connectivity index (χ1) is 13.8. The maximum absolute atomic E-state index is 13.7. The van der Waals surface area contributed by atoms with Gasteiger partial charge >= 0.3 is 197 Å². The van der Waals surface area contributed by atoms with Crippen LogP contribution in [0.15, 0.2) is 53.6 Å². The topological polar surface area (TPSA) is 160 Å². The van der Waals surface area contributed by atoms with Crippen LogP contribution >= 0.6 is 11.8 Å². The molecule has 0 spiro atoms. The molecule has 15 heteroatoms. The van der Waals surface area contributed by atoms with Crippen LogP contribution in [0.4, 0.5) is 0 Å². The summed E-state index contributed by atoms with van der Waals surface area (Å²) < 4.78 is 107. The van der Waals surface area contributed by atoms with Crippen molar-refractivity contribution in [3.8, 4) is 0 Å². The fourth-order valence-corrected chi connectivity index (χ4v) is 18.9. The third-order valence-electron chi connectivity index (χ3n) is 4.40.